The van der Waals surface area contributed by atoms with Crippen LogP contribution < -0.4 is 10.6 Å². The molecule has 0 amide bonds. The molecule has 1 aromatic carbocycles. The monoisotopic (exact) mass is 187 g/mol. The van der Waals surface area contributed by atoms with Crippen LogP contribution in [0.5, 0.6) is 0 Å². The third-order valence-corrected chi connectivity index (χ3v) is 3.31. The van der Waals surface area contributed by atoms with Crippen LogP contribution in [-0.2, 0) is 0 Å². The van der Waals surface area contributed by atoms with Gasteiger partial charge in [-0.25, -0.2) is 0 Å². The van der Waals surface area contributed by atoms with E-state index in [1.165, 1.54) is 21.0 Å². The van der Waals surface area contributed by atoms with E-state index >= 15 is 0 Å². The molecule has 1 nitrogen and oxygen atoms in total. The summed E-state index contributed by atoms with van der Waals surface area (Å²) in [4.78, 5) is 5.85. The fourth-order valence-corrected chi connectivity index (χ4v) is 2.60. The number of hydrogen-bond acceptors (Lipinski definition) is 2. The molecule has 64 valence electrons. The van der Waals surface area contributed by atoms with Crippen molar-refractivity contribution in [3.05, 3.63) is 34.3 Å². The van der Waals surface area contributed by atoms with Gasteiger partial charge < -0.3 is 0 Å². The first-order valence-electron chi connectivity index (χ1n) is 4.42. The van der Waals surface area contributed by atoms with Crippen molar-refractivity contribution in [1.29, 1.82) is 0 Å². The predicted octanol–water partition coefficient (Wildman–Crippen LogP) is 1.57. The number of rotatable bonds is 0. The molecule has 0 spiro atoms. The maximum Gasteiger partial charge on any atom is 0.0898 e. The molecule has 1 heterocycles. The summed E-state index contributed by atoms with van der Waals surface area (Å²) >= 11 is 1.83. The van der Waals surface area contributed by atoms with Gasteiger partial charge in [0.05, 0.1) is 11.2 Å². The lowest BCUT2D eigenvalue weighted by molar-refractivity contribution is 1.17. The minimum atomic E-state index is 0.892. The molecule has 0 saturated carbocycles. The van der Waals surface area contributed by atoms with E-state index in [0.29, 0.717) is 0 Å². The lowest BCUT2D eigenvalue weighted by atomic mass is 10.1. The van der Waals surface area contributed by atoms with Gasteiger partial charge in [0.25, 0.3) is 0 Å². The Morgan fingerprint density at radius 3 is 3.31 bits per heavy atom. The molecule has 0 N–H and O–H groups in total. The molecule has 0 atom stereocenters. The van der Waals surface area contributed by atoms with E-state index in [9.17, 15) is 0 Å². The molecule has 0 fully saturated rings. The van der Waals surface area contributed by atoms with Crippen molar-refractivity contribution in [3.63, 3.8) is 0 Å². The van der Waals surface area contributed by atoms with Crippen LogP contribution in [0.25, 0.3) is 12.2 Å². The molecule has 3 rings (SSSR count). The maximum atomic E-state index is 4.51. The predicted molar refractivity (Wildman–Crippen MR) is 56.1 cm³/mol. The summed E-state index contributed by atoms with van der Waals surface area (Å²) in [5, 5.41) is 2.55. The zero-order valence-electron chi connectivity index (χ0n) is 7.16. The summed E-state index contributed by atoms with van der Waals surface area (Å²) in [5.41, 5.74) is 1.32. The Hall–Kier alpha value is -1.02. The topological polar surface area (TPSA) is 12.4 Å². The van der Waals surface area contributed by atoms with Crippen LogP contribution in [0.1, 0.15) is 12.0 Å². The van der Waals surface area contributed by atoms with E-state index in [0.717, 1.165) is 12.3 Å². The van der Waals surface area contributed by atoms with E-state index in [-0.39, 0.29) is 0 Å². The minimum Gasteiger partial charge on any atom is -0.272 e. The van der Waals surface area contributed by atoms with Crippen LogP contribution in [0.3, 0.4) is 0 Å². The molecular formula is C11H9NS. The molecule has 1 aliphatic carbocycles. The van der Waals surface area contributed by atoms with Gasteiger partial charge in [-0.1, -0.05) is 24.3 Å². The molecule has 2 heteroatoms. The summed E-state index contributed by atoms with van der Waals surface area (Å²) in [6, 6.07) is 4.37. The van der Waals surface area contributed by atoms with Crippen LogP contribution >= 0.6 is 11.8 Å². The molecule has 2 aliphatic rings. The van der Waals surface area contributed by atoms with E-state index in [4.69, 9.17) is 0 Å². The lowest BCUT2D eigenvalue weighted by Gasteiger charge is -2.02. The second-order valence-electron chi connectivity index (χ2n) is 3.19. The highest BCUT2D eigenvalue weighted by Gasteiger charge is 2.08. The van der Waals surface area contributed by atoms with Gasteiger partial charge >= 0.3 is 0 Å². The van der Waals surface area contributed by atoms with Gasteiger partial charge in [0.2, 0.25) is 0 Å². The van der Waals surface area contributed by atoms with Gasteiger partial charge in [-0.2, -0.15) is 0 Å². The highest BCUT2D eigenvalue weighted by Crippen LogP contribution is 2.17. The zero-order valence-corrected chi connectivity index (χ0v) is 7.97. The minimum absolute atomic E-state index is 0.892. The molecule has 1 aliphatic heterocycles. The van der Waals surface area contributed by atoms with E-state index < -0.39 is 0 Å². The number of fused-ring (bicyclic) bond motifs is 3. The van der Waals surface area contributed by atoms with Crippen LogP contribution in [-0.4, -0.2) is 5.88 Å². The molecule has 0 unspecified atom stereocenters. The molecule has 13 heavy (non-hydrogen) atoms. The van der Waals surface area contributed by atoms with Crippen molar-refractivity contribution in [3.8, 4) is 0 Å². The number of benzene rings is 1. The van der Waals surface area contributed by atoms with E-state index in [2.05, 4.69) is 35.4 Å². The smallest absolute Gasteiger partial charge is 0.0898 e. The van der Waals surface area contributed by atoms with Crippen molar-refractivity contribution >= 4 is 23.9 Å². The van der Waals surface area contributed by atoms with Crippen molar-refractivity contribution in [2.45, 2.75) is 11.3 Å². The molecular weight excluding hydrogens is 178 g/mol. The highest BCUT2D eigenvalue weighted by atomic mass is 32.2. The van der Waals surface area contributed by atoms with E-state index in [1.54, 1.807) is 0 Å². The van der Waals surface area contributed by atoms with Crippen LogP contribution in [0.2, 0.25) is 0 Å². The van der Waals surface area contributed by atoms with Gasteiger partial charge in [0.15, 0.2) is 0 Å². The third kappa shape index (κ3) is 1.05. The summed E-state index contributed by atoms with van der Waals surface area (Å²) in [7, 11) is 0. The Bertz CT molecular complexity index is 500. The number of hydrogen-bond donors (Lipinski definition) is 0. The number of nitrogens with zero attached hydrogens (tertiary/aromatic N) is 1. The first-order valence-corrected chi connectivity index (χ1v) is 5.41. The Kier molecular flexibility index (Phi) is 1.56. The maximum absolute atomic E-state index is 4.51. The molecule has 1 aromatic rings. The highest BCUT2D eigenvalue weighted by molar-refractivity contribution is 7.99. The Morgan fingerprint density at radius 1 is 1.31 bits per heavy atom. The normalized spacial score (nSPS) is 17.2. The fraction of sp³-hybridized carbons (Fsp3) is 0.182. The van der Waals surface area contributed by atoms with Crippen LogP contribution in [0.15, 0.2) is 28.1 Å². The van der Waals surface area contributed by atoms with E-state index in [1.807, 2.05) is 11.8 Å². The Labute approximate surface area is 80.9 Å². The quantitative estimate of drug-likeness (QED) is 0.600. The average Bonchev–Trinajstić information content (AvgIpc) is 2.65. The first-order chi connectivity index (χ1) is 6.45. The molecule has 0 saturated heterocycles. The Morgan fingerprint density at radius 2 is 2.31 bits per heavy atom. The van der Waals surface area contributed by atoms with Gasteiger partial charge in [0.1, 0.15) is 0 Å². The molecule has 0 bridgehead atoms. The number of allylic oxidation sites excluding steroid dienone is 1. The van der Waals surface area contributed by atoms with Gasteiger partial charge in [-0.3, -0.25) is 4.99 Å². The van der Waals surface area contributed by atoms with Crippen molar-refractivity contribution in [2.75, 3.05) is 5.88 Å². The summed E-state index contributed by atoms with van der Waals surface area (Å²) in [5.74, 6) is 0.892. The zero-order chi connectivity index (χ0) is 8.67. The second kappa shape index (κ2) is 2.74. The van der Waals surface area contributed by atoms with Gasteiger partial charge in [-0.15, -0.1) is 11.8 Å². The second-order valence-corrected chi connectivity index (χ2v) is 4.18. The van der Waals surface area contributed by atoms with Crippen molar-refractivity contribution < 1.29 is 0 Å². The Balaban J connectivity index is 2.48. The third-order valence-electron chi connectivity index (χ3n) is 2.41. The summed E-state index contributed by atoms with van der Waals surface area (Å²) in [6.45, 7) is 0. The number of thioether (sulfide) groups is 1. The van der Waals surface area contributed by atoms with Crippen LogP contribution in [0, 0.1) is 0 Å². The lowest BCUT2D eigenvalue weighted by Crippen LogP contribution is -2.28. The van der Waals surface area contributed by atoms with Gasteiger partial charge in [-0.05, 0) is 18.1 Å². The van der Waals surface area contributed by atoms with Gasteiger partial charge in [0, 0.05) is 10.1 Å². The standard InChI is InChI=1S/C11H9NS/c1-2-4-9-8(3-1)5-6-10-11(9)12-7-13-10/h1,3-6H,2,7H2. The molecule has 0 radical (unpaired) electrons. The fourth-order valence-electron chi connectivity index (χ4n) is 1.79. The van der Waals surface area contributed by atoms with Crippen molar-refractivity contribution in [2.24, 2.45) is 4.99 Å². The largest absolute Gasteiger partial charge is 0.272 e. The first kappa shape index (κ1) is 7.39. The molecule has 0 aromatic heterocycles. The summed E-state index contributed by atoms with van der Waals surface area (Å²) < 4.78 is 0. The van der Waals surface area contributed by atoms with Crippen molar-refractivity contribution in [1.82, 2.24) is 0 Å². The SMILES string of the molecule is C1=Cc2ccc3c(c2=CC1)=NCS3. The summed E-state index contributed by atoms with van der Waals surface area (Å²) in [6.07, 6.45) is 7.69. The van der Waals surface area contributed by atoms with Crippen LogP contribution in [0.4, 0.5) is 0 Å². The average molecular weight is 187 g/mol.